The summed E-state index contributed by atoms with van der Waals surface area (Å²) in [5.74, 6) is -0.123. The summed E-state index contributed by atoms with van der Waals surface area (Å²) in [4.78, 5) is 10.7. The van der Waals surface area contributed by atoms with Gasteiger partial charge >= 0.3 is 13.9 Å². The molecule has 0 amide bonds. The molecule has 1 unspecified atom stereocenters. The molecule has 6 heteroatoms. The normalized spacial score (nSPS) is 12.9. The van der Waals surface area contributed by atoms with E-state index in [-0.39, 0.29) is 12.4 Å². The summed E-state index contributed by atoms with van der Waals surface area (Å²) in [5, 5.41) is -0.423. The van der Waals surface area contributed by atoms with Crippen LogP contribution in [0.5, 0.6) is 0 Å². The van der Waals surface area contributed by atoms with Crippen molar-refractivity contribution in [3.63, 3.8) is 0 Å². The van der Waals surface area contributed by atoms with E-state index in [0.717, 1.165) is 0 Å². The van der Waals surface area contributed by atoms with Gasteiger partial charge in [0, 0.05) is 0 Å². The molecule has 0 saturated carbocycles. The van der Waals surface area contributed by atoms with Gasteiger partial charge in [0.25, 0.3) is 0 Å². The monoisotopic (exact) mass is 233 g/mol. The lowest BCUT2D eigenvalue weighted by atomic mass is 10.3. The highest BCUT2D eigenvalue weighted by Gasteiger charge is 2.37. The summed E-state index contributed by atoms with van der Waals surface area (Å²) in [5.41, 5.74) is 0. The fraction of sp³-hybridized carbons (Fsp3) is 0.667. The average Bonchev–Trinajstić information content (AvgIpc) is 2.39. The third-order valence-electron chi connectivity index (χ3n) is 1.70. The number of rotatable bonds is 3. The highest BCUT2D eigenvalue weighted by Crippen LogP contribution is 2.39. The summed E-state index contributed by atoms with van der Waals surface area (Å²) in [6, 6.07) is 0. The van der Waals surface area contributed by atoms with E-state index in [9.17, 15) is 9.36 Å². The zero-order valence-electron chi connectivity index (χ0n) is 9.20. The lowest BCUT2D eigenvalue weighted by Gasteiger charge is -2.02. The molecule has 1 rings (SSSR count). The van der Waals surface area contributed by atoms with Crippen molar-refractivity contribution in [3.05, 3.63) is 22.1 Å². The van der Waals surface area contributed by atoms with Crippen LogP contribution in [0.3, 0.4) is 0 Å². The van der Waals surface area contributed by atoms with E-state index in [4.69, 9.17) is 8.94 Å². The molecule has 15 heavy (non-hydrogen) atoms. The van der Waals surface area contributed by atoms with Gasteiger partial charge in [0.1, 0.15) is 5.76 Å². The molecule has 0 spiro atoms. The Morgan fingerprint density at radius 2 is 1.93 bits per heavy atom. The molecule has 5 nitrogen and oxygen atoms in total. The first-order valence-corrected chi connectivity index (χ1v) is 5.68. The first-order chi connectivity index (χ1) is 6.80. The van der Waals surface area contributed by atoms with E-state index >= 15 is 0 Å². The molecule has 84 valence electrons. The van der Waals surface area contributed by atoms with Crippen molar-refractivity contribution in [1.29, 1.82) is 0 Å². The van der Waals surface area contributed by atoms with Gasteiger partial charge in [-0.05, 0) is 32.3 Å². The number of hydrogen-bond acceptors (Lipinski definition) is 5. The van der Waals surface area contributed by atoms with E-state index < -0.39 is 19.0 Å². The Hall–Kier alpha value is -0.930. The van der Waals surface area contributed by atoms with E-state index in [0.29, 0.717) is 5.76 Å². The Morgan fingerprint density at radius 3 is 2.33 bits per heavy atom. The van der Waals surface area contributed by atoms with Gasteiger partial charge in [0.15, 0.2) is 17.5 Å². The summed E-state index contributed by atoms with van der Waals surface area (Å²) in [6.45, 7) is 7.01. The van der Waals surface area contributed by atoms with Crippen LogP contribution in [0.1, 0.15) is 32.3 Å². The molecule has 1 aromatic heterocycles. The van der Waals surface area contributed by atoms with Crippen LogP contribution in [0.4, 0.5) is 0 Å². The molecule has 0 bridgehead atoms. The fourth-order valence-corrected chi connectivity index (χ4v) is 1.44. The Kier molecular flexibility index (Phi) is 3.47. The molecule has 0 radical (unpaired) electrons. The van der Waals surface area contributed by atoms with Gasteiger partial charge in [-0.3, -0.25) is 0 Å². The van der Waals surface area contributed by atoms with Gasteiger partial charge in [0.05, 0.1) is 0 Å². The van der Waals surface area contributed by atoms with Crippen LogP contribution in [0, 0.1) is 6.92 Å². The largest absolute Gasteiger partial charge is 0.519 e. The second-order valence-electron chi connectivity index (χ2n) is 4.13. The van der Waals surface area contributed by atoms with Crippen LogP contribution in [0.15, 0.2) is 13.6 Å². The minimum absolute atomic E-state index is 0.00987. The quantitative estimate of drug-likeness (QED) is 0.750. The standard InChI is InChI=1S/C9H14O5P/c1-6-7(14-8(10)13-6)5-12-15(11)9(2,3)4/h5H2,1-4H3/q+1. The summed E-state index contributed by atoms with van der Waals surface area (Å²) in [6.07, 6.45) is 0. The molecule has 0 fully saturated rings. The van der Waals surface area contributed by atoms with E-state index in [1.807, 2.05) is 20.8 Å². The van der Waals surface area contributed by atoms with Crippen molar-refractivity contribution in [3.8, 4) is 0 Å². The maximum atomic E-state index is 11.5. The van der Waals surface area contributed by atoms with Crippen molar-refractivity contribution >= 4 is 8.03 Å². The molecular weight excluding hydrogens is 219 g/mol. The van der Waals surface area contributed by atoms with Crippen LogP contribution < -0.4 is 5.82 Å². The molecule has 1 atom stereocenters. The van der Waals surface area contributed by atoms with Crippen LogP contribution in [0.25, 0.3) is 0 Å². The Morgan fingerprint density at radius 1 is 1.33 bits per heavy atom. The zero-order valence-corrected chi connectivity index (χ0v) is 10.1. The molecule has 0 N–H and O–H groups in total. The molecular formula is C9H14O5P+. The molecule has 1 heterocycles. The zero-order chi connectivity index (χ0) is 11.6. The molecule has 0 aliphatic carbocycles. The van der Waals surface area contributed by atoms with E-state index in [1.165, 1.54) is 0 Å². The molecule has 0 aliphatic heterocycles. The van der Waals surface area contributed by atoms with Gasteiger partial charge < -0.3 is 8.83 Å². The lowest BCUT2D eigenvalue weighted by Crippen LogP contribution is -2.08. The second-order valence-corrected chi connectivity index (χ2v) is 6.25. The third kappa shape index (κ3) is 3.29. The van der Waals surface area contributed by atoms with Gasteiger partial charge in [0.2, 0.25) is 0 Å². The van der Waals surface area contributed by atoms with Crippen molar-refractivity contribution < 1.29 is 17.9 Å². The Balaban J connectivity index is 2.62. The third-order valence-corrected chi connectivity index (χ3v) is 3.16. The molecule has 0 aliphatic rings. The highest BCUT2D eigenvalue weighted by molar-refractivity contribution is 7.41. The predicted octanol–water partition coefficient (Wildman–Crippen LogP) is 2.60. The van der Waals surface area contributed by atoms with Crippen LogP contribution in [-0.4, -0.2) is 5.16 Å². The summed E-state index contributed by atoms with van der Waals surface area (Å²) < 4.78 is 26.0. The van der Waals surface area contributed by atoms with Crippen LogP contribution in [-0.2, 0) is 15.7 Å². The highest BCUT2D eigenvalue weighted by atomic mass is 31.1. The summed E-state index contributed by atoms with van der Waals surface area (Å²) in [7, 11) is -1.80. The van der Waals surface area contributed by atoms with Crippen molar-refractivity contribution in [2.75, 3.05) is 0 Å². The van der Waals surface area contributed by atoms with E-state index in [2.05, 4.69) is 4.42 Å². The van der Waals surface area contributed by atoms with Crippen LogP contribution in [0.2, 0.25) is 0 Å². The smallest absolute Gasteiger partial charge is 0.396 e. The van der Waals surface area contributed by atoms with Gasteiger partial charge in [-0.15, -0.1) is 4.52 Å². The molecule has 0 aromatic carbocycles. The van der Waals surface area contributed by atoms with Crippen molar-refractivity contribution in [1.82, 2.24) is 0 Å². The second kappa shape index (κ2) is 4.29. The molecule has 1 aromatic rings. The Bertz CT molecular complexity index is 409. The SMILES string of the molecule is Cc1oc(=O)oc1CO[P+](=O)C(C)(C)C. The maximum absolute atomic E-state index is 11.5. The number of hydrogen-bond donors (Lipinski definition) is 0. The van der Waals surface area contributed by atoms with Gasteiger partial charge in [-0.25, -0.2) is 4.79 Å². The summed E-state index contributed by atoms with van der Waals surface area (Å²) >= 11 is 0. The minimum Gasteiger partial charge on any atom is -0.396 e. The minimum atomic E-state index is -1.80. The van der Waals surface area contributed by atoms with Gasteiger partial charge in [-0.2, -0.15) is 0 Å². The van der Waals surface area contributed by atoms with Crippen molar-refractivity contribution in [2.24, 2.45) is 0 Å². The van der Waals surface area contributed by atoms with Gasteiger partial charge in [-0.1, -0.05) is 0 Å². The maximum Gasteiger partial charge on any atom is 0.519 e. The average molecular weight is 233 g/mol. The van der Waals surface area contributed by atoms with Crippen LogP contribution >= 0.6 is 8.03 Å². The predicted molar refractivity (Wildman–Crippen MR) is 54.1 cm³/mol. The fourth-order valence-electron chi connectivity index (χ4n) is 0.817. The lowest BCUT2D eigenvalue weighted by molar-refractivity contribution is 0.265. The number of aryl methyl sites for hydroxylation is 1. The van der Waals surface area contributed by atoms with Crippen molar-refractivity contribution in [2.45, 2.75) is 39.5 Å². The Labute approximate surface area is 88.3 Å². The first kappa shape index (κ1) is 12.1. The first-order valence-electron chi connectivity index (χ1n) is 4.50. The van der Waals surface area contributed by atoms with E-state index in [1.54, 1.807) is 6.92 Å². The molecule has 0 saturated heterocycles. The topological polar surface area (TPSA) is 69.7 Å².